The summed E-state index contributed by atoms with van der Waals surface area (Å²) in [5, 5.41) is 7.56. The van der Waals surface area contributed by atoms with Crippen LogP contribution in [0.1, 0.15) is 25.3 Å². The molecule has 1 rings (SSSR count). The highest BCUT2D eigenvalue weighted by atomic mass is 31.1. The first kappa shape index (κ1) is 12.8. The molecule has 0 radical (unpaired) electrons. The Morgan fingerprint density at radius 1 is 1.38 bits per heavy atom. The normalized spacial score (nSPS) is 15.2. The van der Waals surface area contributed by atoms with Gasteiger partial charge in [-0.15, -0.1) is 0 Å². The number of hydrogen-bond acceptors (Lipinski definition) is 2. The number of benzene rings is 1. The molecule has 0 amide bonds. The van der Waals surface area contributed by atoms with E-state index >= 15 is 0 Å². The average Bonchev–Trinajstić information content (AvgIpc) is 2.26. The van der Waals surface area contributed by atoms with Crippen molar-refractivity contribution in [2.75, 3.05) is 0 Å². The molecule has 1 aromatic rings. The van der Waals surface area contributed by atoms with Crippen LogP contribution in [0.3, 0.4) is 0 Å². The second-order valence-electron chi connectivity index (χ2n) is 3.55. The molecular formula is C11H14O4P+. The van der Waals surface area contributed by atoms with Gasteiger partial charge in [0, 0.05) is 12.0 Å². The maximum Gasteiger partial charge on any atom is 0.528 e. The molecule has 2 N–H and O–H groups in total. The first-order chi connectivity index (χ1) is 7.55. The van der Waals surface area contributed by atoms with Gasteiger partial charge in [-0.3, -0.25) is 0 Å². The third-order valence-electron chi connectivity index (χ3n) is 2.54. The Morgan fingerprint density at radius 3 is 2.31 bits per heavy atom. The molecule has 5 heteroatoms. The summed E-state index contributed by atoms with van der Waals surface area (Å²) in [6, 6.07) is 8.23. The lowest BCUT2D eigenvalue weighted by Crippen LogP contribution is -2.32. The third-order valence-corrected chi connectivity index (χ3v) is 3.87. The summed E-state index contributed by atoms with van der Waals surface area (Å²) in [5.41, 5.74) is 0.382. The smallest absolute Gasteiger partial charge is 0.477 e. The summed E-state index contributed by atoms with van der Waals surface area (Å²) in [6.45, 7) is 1.79. The summed E-state index contributed by atoms with van der Waals surface area (Å²) in [4.78, 5) is 20.7. The molecule has 0 aromatic heterocycles. The summed E-state index contributed by atoms with van der Waals surface area (Å²) in [5.74, 6) is -1.25. The molecule has 0 saturated carbocycles. The molecule has 0 bridgehead atoms. The molecular weight excluding hydrogens is 227 g/mol. The molecule has 0 saturated heterocycles. The van der Waals surface area contributed by atoms with Gasteiger partial charge in [0.1, 0.15) is 0 Å². The molecule has 0 heterocycles. The van der Waals surface area contributed by atoms with E-state index in [1.165, 1.54) is 0 Å². The van der Waals surface area contributed by atoms with Crippen molar-refractivity contribution >= 4 is 14.0 Å². The lowest BCUT2D eigenvalue weighted by atomic mass is 9.93. The zero-order valence-electron chi connectivity index (χ0n) is 8.96. The fraction of sp³-hybridized carbons (Fsp3) is 0.364. The average molecular weight is 241 g/mol. The van der Waals surface area contributed by atoms with E-state index in [9.17, 15) is 19.4 Å². The number of carbonyl (C=O) groups is 1. The maximum absolute atomic E-state index is 11.4. The van der Waals surface area contributed by atoms with E-state index in [2.05, 4.69) is 0 Å². The van der Waals surface area contributed by atoms with E-state index in [4.69, 9.17) is 0 Å². The molecule has 2 atom stereocenters. The minimum atomic E-state index is -2.82. The van der Waals surface area contributed by atoms with Crippen LogP contribution in [0.2, 0.25) is 0 Å². The van der Waals surface area contributed by atoms with Crippen LogP contribution in [0.4, 0.5) is 0 Å². The molecule has 4 nitrogen and oxygen atoms in total. The lowest BCUT2D eigenvalue weighted by Gasteiger charge is -2.16. The standard InChI is InChI=1S/C11H13O4P/c1-2-8-11(10(12)13,16(14)15)9-6-4-3-5-7-9/h3-7H,2,8H2,1H3,(H-,12,13,14,15)/p+1. The largest absolute Gasteiger partial charge is 0.528 e. The number of hydrogen-bond donors (Lipinski definition) is 2. The van der Waals surface area contributed by atoms with Crippen LogP contribution in [0, 0.1) is 0 Å². The number of carboxylic acids is 1. The van der Waals surface area contributed by atoms with Crippen LogP contribution >= 0.6 is 8.03 Å². The van der Waals surface area contributed by atoms with Crippen LogP contribution in [-0.2, 0) is 14.5 Å². The molecule has 1 aromatic carbocycles. The van der Waals surface area contributed by atoms with Crippen LogP contribution in [0.25, 0.3) is 0 Å². The van der Waals surface area contributed by atoms with Crippen LogP contribution < -0.4 is 0 Å². The van der Waals surface area contributed by atoms with E-state index in [1.54, 1.807) is 37.3 Å². The SMILES string of the molecule is CCCC(C(=O)O)(c1ccccc1)[P+](=O)O. The fourth-order valence-corrected chi connectivity index (χ4v) is 2.69. The number of rotatable bonds is 5. The zero-order chi connectivity index (χ0) is 12.2. The van der Waals surface area contributed by atoms with Gasteiger partial charge in [0.15, 0.2) is 0 Å². The van der Waals surface area contributed by atoms with Crippen molar-refractivity contribution in [2.24, 2.45) is 0 Å². The highest BCUT2D eigenvalue weighted by Crippen LogP contribution is 2.48. The van der Waals surface area contributed by atoms with Gasteiger partial charge in [0.05, 0.1) is 0 Å². The predicted molar refractivity (Wildman–Crippen MR) is 60.5 cm³/mol. The van der Waals surface area contributed by atoms with Crippen molar-refractivity contribution in [1.29, 1.82) is 0 Å². The molecule has 2 unspecified atom stereocenters. The van der Waals surface area contributed by atoms with Crippen LogP contribution in [0.5, 0.6) is 0 Å². The molecule has 0 aliphatic rings. The minimum Gasteiger partial charge on any atom is -0.477 e. The quantitative estimate of drug-likeness (QED) is 0.776. The minimum absolute atomic E-state index is 0.151. The monoisotopic (exact) mass is 241 g/mol. The molecule has 0 spiro atoms. The van der Waals surface area contributed by atoms with Crippen LogP contribution in [0.15, 0.2) is 30.3 Å². The Bertz CT molecular complexity index is 374. The van der Waals surface area contributed by atoms with Crippen molar-refractivity contribution in [3.05, 3.63) is 35.9 Å². The van der Waals surface area contributed by atoms with Gasteiger partial charge < -0.3 is 5.11 Å². The van der Waals surface area contributed by atoms with Gasteiger partial charge in [-0.2, -0.15) is 4.89 Å². The molecule has 0 fully saturated rings. The predicted octanol–water partition coefficient (Wildman–Crippen LogP) is 2.50. The van der Waals surface area contributed by atoms with Crippen LogP contribution in [-0.4, -0.2) is 16.0 Å². The Balaban J connectivity index is 3.33. The number of carboxylic acid groups (broad SMARTS) is 1. The molecule has 0 aliphatic carbocycles. The van der Waals surface area contributed by atoms with Crippen molar-refractivity contribution in [3.63, 3.8) is 0 Å². The summed E-state index contributed by atoms with van der Waals surface area (Å²) >= 11 is 0. The van der Waals surface area contributed by atoms with Crippen molar-refractivity contribution < 1.29 is 19.4 Å². The Morgan fingerprint density at radius 2 is 1.94 bits per heavy atom. The van der Waals surface area contributed by atoms with Gasteiger partial charge in [-0.25, -0.2) is 4.79 Å². The Kier molecular flexibility index (Phi) is 4.16. The zero-order valence-corrected chi connectivity index (χ0v) is 9.85. The number of aliphatic carboxylic acids is 1. The van der Waals surface area contributed by atoms with Gasteiger partial charge in [0.2, 0.25) is 0 Å². The molecule has 16 heavy (non-hydrogen) atoms. The summed E-state index contributed by atoms with van der Waals surface area (Å²) in [6.07, 6.45) is 0.681. The van der Waals surface area contributed by atoms with Crippen molar-refractivity contribution in [1.82, 2.24) is 0 Å². The van der Waals surface area contributed by atoms with Crippen molar-refractivity contribution in [3.8, 4) is 0 Å². The summed E-state index contributed by atoms with van der Waals surface area (Å²) in [7, 11) is -2.82. The molecule has 0 aliphatic heterocycles. The van der Waals surface area contributed by atoms with E-state index in [1.807, 2.05) is 0 Å². The van der Waals surface area contributed by atoms with E-state index in [-0.39, 0.29) is 6.42 Å². The molecule has 86 valence electrons. The maximum atomic E-state index is 11.4. The van der Waals surface area contributed by atoms with Crippen molar-refractivity contribution in [2.45, 2.75) is 24.9 Å². The third kappa shape index (κ3) is 2.13. The van der Waals surface area contributed by atoms with E-state index in [0.29, 0.717) is 12.0 Å². The second-order valence-corrected chi connectivity index (χ2v) is 4.86. The summed E-state index contributed by atoms with van der Waals surface area (Å²) < 4.78 is 11.4. The van der Waals surface area contributed by atoms with E-state index in [0.717, 1.165) is 0 Å². The van der Waals surface area contributed by atoms with Gasteiger partial charge >= 0.3 is 19.2 Å². The highest BCUT2D eigenvalue weighted by molar-refractivity contribution is 7.41. The Labute approximate surface area is 94.8 Å². The topological polar surface area (TPSA) is 74.6 Å². The van der Waals surface area contributed by atoms with Gasteiger partial charge in [0.25, 0.3) is 0 Å². The highest BCUT2D eigenvalue weighted by Gasteiger charge is 2.57. The second kappa shape index (κ2) is 5.19. The first-order valence-corrected chi connectivity index (χ1v) is 6.22. The van der Waals surface area contributed by atoms with Gasteiger partial charge in [-0.05, 0) is 4.57 Å². The fourth-order valence-electron chi connectivity index (χ4n) is 1.74. The van der Waals surface area contributed by atoms with Gasteiger partial charge in [-0.1, -0.05) is 43.7 Å². The first-order valence-electron chi connectivity index (χ1n) is 5.01. The lowest BCUT2D eigenvalue weighted by molar-refractivity contribution is -0.140. The van der Waals surface area contributed by atoms with E-state index < -0.39 is 19.2 Å². The Hall–Kier alpha value is -1.25.